The first-order chi connectivity index (χ1) is 10.2. The number of hydrogen-bond donors (Lipinski definition) is 0. The van der Waals surface area contributed by atoms with Crippen molar-refractivity contribution in [3.8, 4) is 0 Å². The largest absolute Gasteiger partial charge is 0.464 e. The summed E-state index contributed by atoms with van der Waals surface area (Å²) in [5, 5.41) is -0.0751. The fraction of sp³-hybridized carbons (Fsp3) is 0.700. The standard InChI is InChI=1S/C20H33BO2/c1-17(2,3)16-12-10-15(11-13-16)14-18(4,5)21-22-19(6,7)20(8,9)23-21/h10-13H,14H2,1-9H3. The first-order valence-electron chi connectivity index (χ1n) is 8.70. The maximum Gasteiger partial charge on any atom is 0.464 e. The molecule has 2 rings (SSSR count). The molecule has 0 unspecified atom stereocenters. The molecule has 1 fully saturated rings. The summed E-state index contributed by atoms with van der Waals surface area (Å²) in [5.74, 6) is 0. The Morgan fingerprint density at radius 1 is 0.826 bits per heavy atom. The average molecular weight is 316 g/mol. The van der Waals surface area contributed by atoms with Gasteiger partial charge in [0.25, 0.3) is 0 Å². The van der Waals surface area contributed by atoms with E-state index in [1.165, 1.54) is 11.1 Å². The molecule has 0 spiro atoms. The summed E-state index contributed by atoms with van der Waals surface area (Å²) in [6.07, 6.45) is 0.939. The van der Waals surface area contributed by atoms with Crippen LogP contribution in [0.5, 0.6) is 0 Å². The predicted molar refractivity (Wildman–Crippen MR) is 99.0 cm³/mol. The zero-order valence-corrected chi connectivity index (χ0v) is 16.4. The zero-order chi connectivity index (χ0) is 17.7. The van der Waals surface area contributed by atoms with Crippen molar-refractivity contribution in [2.24, 2.45) is 0 Å². The van der Waals surface area contributed by atoms with Crippen LogP contribution in [0.3, 0.4) is 0 Å². The highest BCUT2D eigenvalue weighted by molar-refractivity contribution is 6.49. The van der Waals surface area contributed by atoms with Crippen LogP contribution in [-0.2, 0) is 21.1 Å². The van der Waals surface area contributed by atoms with Crippen molar-refractivity contribution >= 4 is 7.12 Å². The van der Waals surface area contributed by atoms with Crippen LogP contribution in [0.2, 0.25) is 5.31 Å². The van der Waals surface area contributed by atoms with Crippen LogP contribution in [0.4, 0.5) is 0 Å². The molecule has 0 N–H and O–H groups in total. The smallest absolute Gasteiger partial charge is 0.403 e. The summed E-state index contributed by atoms with van der Waals surface area (Å²) in [5.41, 5.74) is 2.35. The molecule has 128 valence electrons. The lowest BCUT2D eigenvalue weighted by molar-refractivity contribution is 0.00578. The Balaban J connectivity index is 2.13. The van der Waals surface area contributed by atoms with Crippen LogP contribution in [0.1, 0.15) is 73.4 Å². The van der Waals surface area contributed by atoms with Crippen LogP contribution >= 0.6 is 0 Å². The highest BCUT2D eigenvalue weighted by Crippen LogP contribution is 2.46. The minimum absolute atomic E-state index is 0.0751. The van der Waals surface area contributed by atoms with E-state index in [0.717, 1.165) is 6.42 Å². The van der Waals surface area contributed by atoms with Crippen molar-refractivity contribution in [3.63, 3.8) is 0 Å². The van der Waals surface area contributed by atoms with Gasteiger partial charge in [-0.15, -0.1) is 0 Å². The van der Waals surface area contributed by atoms with Gasteiger partial charge in [-0.1, -0.05) is 58.9 Å². The number of benzene rings is 1. The van der Waals surface area contributed by atoms with Gasteiger partial charge in [0.05, 0.1) is 11.2 Å². The van der Waals surface area contributed by atoms with Gasteiger partial charge in [0.2, 0.25) is 0 Å². The quantitative estimate of drug-likeness (QED) is 0.695. The summed E-state index contributed by atoms with van der Waals surface area (Å²) in [6.45, 7) is 19.6. The van der Waals surface area contributed by atoms with E-state index in [-0.39, 0.29) is 29.0 Å². The summed E-state index contributed by atoms with van der Waals surface area (Å²) in [7, 11) is -0.185. The molecule has 1 saturated heterocycles. The summed E-state index contributed by atoms with van der Waals surface area (Å²) >= 11 is 0. The zero-order valence-electron chi connectivity index (χ0n) is 16.4. The van der Waals surface area contributed by atoms with Crippen molar-refractivity contribution in [2.45, 2.75) is 90.7 Å². The minimum atomic E-state index is -0.273. The van der Waals surface area contributed by atoms with Crippen LogP contribution in [0.25, 0.3) is 0 Å². The topological polar surface area (TPSA) is 18.5 Å². The molecule has 1 aliphatic rings. The van der Waals surface area contributed by atoms with E-state index in [9.17, 15) is 0 Å². The summed E-state index contributed by atoms with van der Waals surface area (Å²) < 4.78 is 12.5. The normalized spacial score (nSPS) is 20.8. The molecule has 1 heterocycles. The lowest BCUT2D eigenvalue weighted by Gasteiger charge is -2.32. The molecule has 1 aliphatic heterocycles. The predicted octanol–water partition coefficient (Wildman–Crippen LogP) is 5.40. The molecule has 0 aliphatic carbocycles. The molecule has 0 bridgehead atoms. The highest BCUT2D eigenvalue weighted by atomic mass is 16.7. The fourth-order valence-corrected chi connectivity index (χ4v) is 2.89. The molecular weight excluding hydrogens is 283 g/mol. The van der Waals surface area contributed by atoms with Gasteiger partial charge >= 0.3 is 7.12 Å². The third kappa shape index (κ3) is 3.83. The summed E-state index contributed by atoms with van der Waals surface area (Å²) in [4.78, 5) is 0. The Morgan fingerprint density at radius 2 is 1.26 bits per heavy atom. The molecule has 0 aromatic heterocycles. The van der Waals surface area contributed by atoms with Crippen molar-refractivity contribution in [3.05, 3.63) is 35.4 Å². The minimum Gasteiger partial charge on any atom is -0.403 e. The van der Waals surface area contributed by atoms with Crippen molar-refractivity contribution in [2.75, 3.05) is 0 Å². The van der Waals surface area contributed by atoms with Gasteiger partial charge < -0.3 is 9.31 Å². The SMILES string of the molecule is CC(C)(Cc1ccc(C(C)(C)C)cc1)B1OC(C)(C)C(C)(C)O1. The van der Waals surface area contributed by atoms with E-state index in [1.807, 2.05) is 0 Å². The molecule has 1 aromatic carbocycles. The van der Waals surface area contributed by atoms with E-state index >= 15 is 0 Å². The summed E-state index contributed by atoms with van der Waals surface area (Å²) in [6, 6.07) is 8.98. The Morgan fingerprint density at radius 3 is 1.65 bits per heavy atom. The number of hydrogen-bond acceptors (Lipinski definition) is 2. The molecule has 1 aromatic rings. The second-order valence-corrected chi connectivity index (χ2v) is 9.70. The Labute approximate surface area is 143 Å². The third-order valence-corrected chi connectivity index (χ3v) is 5.37. The van der Waals surface area contributed by atoms with Gasteiger partial charge in [-0.25, -0.2) is 0 Å². The van der Waals surface area contributed by atoms with Crippen molar-refractivity contribution in [1.29, 1.82) is 0 Å². The van der Waals surface area contributed by atoms with Gasteiger partial charge in [-0.3, -0.25) is 0 Å². The van der Waals surface area contributed by atoms with Crippen LogP contribution in [-0.4, -0.2) is 18.3 Å². The molecule has 0 amide bonds. The van der Waals surface area contributed by atoms with E-state index < -0.39 is 0 Å². The second kappa shape index (κ2) is 5.63. The van der Waals surface area contributed by atoms with E-state index in [2.05, 4.69) is 86.6 Å². The molecular formula is C20H33BO2. The van der Waals surface area contributed by atoms with E-state index in [4.69, 9.17) is 9.31 Å². The maximum atomic E-state index is 6.26. The number of rotatable bonds is 3. The fourth-order valence-electron chi connectivity index (χ4n) is 2.89. The van der Waals surface area contributed by atoms with Gasteiger partial charge in [-0.2, -0.15) is 0 Å². The molecule has 2 nitrogen and oxygen atoms in total. The molecule has 0 atom stereocenters. The highest BCUT2D eigenvalue weighted by Gasteiger charge is 2.56. The van der Waals surface area contributed by atoms with Gasteiger partial charge in [0.1, 0.15) is 0 Å². The van der Waals surface area contributed by atoms with E-state index in [0.29, 0.717) is 0 Å². The van der Waals surface area contributed by atoms with Crippen LogP contribution in [0, 0.1) is 0 Å². The second-order valence-electron chi connectivity index (χ2n) is 9.70. The third-order valence-electron chi connectivity index (χ3n) is 5.37. The lowest BCUT2D eigenvalue weighted by atomic mass is 9.57. The first-order valence-corrected chi connectivity index (χ1v) is 8.70. The van der Waals surface area contributed by atoms with Gasteiger partial charge in [-0.05, 0) is 50.7 Å². The first kappa shape index (κ1) is 18.5. The van der Waals surface area contributed by atoms with Crippen molar-refractivity contribution < 1.29 is 9.31 Å². The Hall–Kier alpha value is -0.795. The molecule has 0 saturated carbocycles. The van der Waals surface area contributed by atoms with Crippen LogP contribution in [0.15, 0.2) is 24.3 Å². The van der Waals surface area contributed by atoms with Crippen LogP contribution < -0.4 is 0 Å². The molecule has 23 heavy (non-hydrogen) atoms. The van der Waals surface area contributed by atoms with Crippen molar-refractivity contribution in [1.82, 2.24) is 0 Å². The monoisotopic (exact) mass is 316 g/mol. The van der Waals surface area contributed by atoms with Gasteiger partial charge in [0, 0.05) is 5.31 Å². The lowest BCUT2D eigenvalue weighted by Crippen LogP contribution is -2.41. The maximum absolute atomic E-state index is 6.26. The molecule has 0 radical (unpaired) electrons. The Kier molecular flexibility index (Phi) is 4.54. The average Bonchev–Trinajstić information content (AvgIpc) is 2.58. The van der Waals surface area contributed by atoms with Gasteiger partial charge in [0.15, 0.2) is 0 Å². The molecule has 3 heteroatoms. The Bertz CT molecular complexity index is 534. The van der Waals surface area contributed by atoms with E-state index in [1.54, 1.807) is 0 Å².